The monoisotopic (exact) mass is 224 g/mol. The predicted molar refractivity (Wildman–Crippen MR) is 52.3 cm³/mol. The van der Waals surface area contributed by atoms with Crippen LogP contribution < -0.4 is 0 Å². The lowest BCUT2D eigenvalue weighted by molar-refractivity contribution is 0.0691. The molecule has 2 heterocycles. The SMILES string of the molecule is O=C(O)c1csc(-c2ncccc2F)n1. The second-order valence-electron chi connectivity index (χ2n) is 2.68. The Bertz CT molecular complexity index is 512. The lowest BCUT2D eigenvalue weighted by Crippen LogP contribution is -1.96. The van der Waals surface area contributed by atoms with Crippen LogP contribution in [0.25, 0.3) is 10.7 Å². The van der Waals surface area contributed by atoms with Gasteiger partial charge in [0.1, 0.15) is 10.7 Å². The minimum Gasteiger partial charge on any atom is -0.476 e. The molecule has 6 heteroatoms. The van der Waals surface area contributed by atoms with Crippen molar-refractivity contribution in [1.82, 2.24) is 9.97 Å². The standard InChI is InChI=1S/C9H5FN2O2S/c10-5-2-1-3-11-7(5)8-12-6(4-15-8)9(13)14/h1-4H,(H,13,14). The molecular formula is C9H5FN2O2S. The Morgan fingerprint density at radius 2 is 2.33 bits per heavy atom. The molecule has 2 aromatic rings. The molecule has 0 aromatic carbocycles. The van der Waals surface area contributed by atoms with Crippen LogP contribution in [-0.4, -0.2) is 21.0 Å². The van der Waals surface area contributed by atoms with Crippen LogP contribution in [0, 0.1) is 5.82 Å². The van der Waals surface area contributed by atoms with E-state index in [2.05, 4.69) is 9.97 Å². The van der Waals surface area contributed by atoms with Crippen molar-refractivity contribution >= 4 is 17.3 Å². The maximum absolute atomic E-state index is 13.2. The van der Waals surface area contributed by atoms with Gasteiger partial charge >= 0.3 is 5.97 Å². The molecule has 0 unspecified atom stereocenters. The maximum atomic E-state index is 13.2. The minimum atomic E-state index is -1.13. The first-order valence-corrected chi connectivity index (χ1v) is 4.86. The van der Waals surface area contributed by atoms with Gasteiger partial charge in [0.2, 0.25) is 0 Å². The van der Waals surface area contributed by atoms with Crippen molar-refractivity contribution in [3.8, 4) is 10.7 Å². The van der Waals surface area contributed by atoms with Gasteiger partial charge in [0, 0.05) is 11.6 Å². The Hall–Kier alpha value is -1.82. The third kappa shape index (κ3) is 1.84. The summed E-state index contributed by atoms with van der Waals surface area (Å²) in [4.78, 5) is 18.1. The second kappa shape index (κ2) is 3.74. The Morgan fingerprint density at radius 3 is 2.93 bits per heavy atom. The number of nitrogens with zero attached hydrogens (tertiary/aromatic N) is 2. The average molecular weight is 224 g/mol. The summed E-state index contributed by atoms with van der Waals surface area (Å²) < 4.78 is 13.2. The molecule has 0 fully saturated rings. The van der Waals surface area contributed by atoms with E-state index in [4.69, 9.17) is 5.11 Å². The number of hydrogen-bond donors (Lipinski definition) is 1. The fourth-order valence-electron chi connectivity index (χ4n) is 1.02. The van der Waals surface area contributed by atoms with E-state index in [1.165, 1.54) is 23.7 Å². The van der Waals surface area contributed by atoms with Gasteiger partial charge in [-0.2, -0.15) is 0 Å². The number of rotatable bonds is 2. The van der Waals surface area contributed by atoms with Gasteiger partial charge in [-0.25, -0.2) is 14.2 Å². The summed E-state index contributed by atoms with van der Waals surface area (Å²) >= 11 is 1.05. The molecular weight excluding hydrogens is 219 g/mol. The smallest absolute Gasteiger partial charge is 0.355 e. The zero-order valence-corrected chi connectivity index (χ0v) is 8.16. The number of hydrogen-bond acceptors (Lipinski definition) is 4. The molecule has 0 spiro atoms. The van der Waals surface area contributed by atoms with Gasteiger partial charge in [-0.1, -0.05) is 0 Å². The van der Waals surface area contributed by atoms with Gasteiger partial charge in [0.15, 0.2) is 11.5 Å². The van der Waals surface area contributed by atoms with E-state index in [0.717, 1.165) is 11.3 Å². The summed E-state index contributed by atoms with van der Waals surface area (Å²) in [5.74, 6) is -1.64. The van der Waals surface area contributed by atoms with Gasteiger partial charge < -0.3 is 5.11 Å². The molecule has 0 radical (unpaired) electrons. The van der Waals surface area contributed by atoms with E-state index in [0.29, 0.717) is 0 Å². The Morgan fingerprint density at radius 1 is 1.53 bits per heavy atom. The number of aromatic nitrogens is 2. The van der Waals surface area contributed by atoms with Crippen LogP contribution in [0.3, 0.4) is 0 Å². The third-order valence-electron chi connectivity index (χ3n) is 1.68. The number of carboxylic acid groups (broad SMARTS) is 1. The first-order valence-electron chi connectivity index (χ1n) is 3.98. The van der Waals surface area contributed by atoms with Gasteiger partial charge in [0.25, 0.3) is 0 Å². The molecule has 2 aromatic heterocycles. The number of halogens is 1. The normalized spacial score (nSPS) is 10.2. The zero-order chi connectivity index (χ0) is 10.8. The summed E-state index contributed by atoms with van der Waals surface area (Å²) in [7, 11) is 0. The predicted octanol–water partition coefficient (Wildman–Crippen LogP) is 2.04. The van der Waals surface area contributed by atoms with Crippen LogP contribution in [0.15, 0.2) is 23.7 Å². The molecule has 0 aliphatic heterocycles. The van der Waals surface area contributed by atoms with E-state index < -0.39 is 11.8 Å². The van der Waals surface area contributed by atoms with Crippen molar-refractivity contribution < 1.29 is 14.3 Å². The van der Waals surface area contributed by atoms with Crippen LogP contribution >= 0.6 is 11.3 Å². The van der Waals surface area contributed by atoms with Crippen LogP contribution in [-0.2, 0) is 0 Å². The lowest BCUT2D eigenvalue weighted by atomic mass is 10.3. The summed E-state index contributed by atoms with van der Waals surface area (Å²) in [6.07, 6.45) is 1.43. The Labute approximate surface area is 88.1 Å². The molecule has 0 saturated heterocycles. The van der Waals surface area contributed by atoms with Crippen LogP contribution in [0.5, 0.6) is 0 Å². The molecule has 76 valence electrons. The largest absolute Gasteiger partial charge is 0.476 e. The molecule has 0 aliphatic carbocycles. The molecule has 0 saturated carbocycles. The fourth-order valence-corrected chi connectivity index (χ4v) is 1.81. The molecule has 0 atom stereocenters. The summed E-state index contributed by atoms with van der Waals surface area (Å²) in [6, 6.07) is 2.72. The highest BCUT2D eigenvalue weighted by Gasteiger charge is 2.13. The first-order chi connectivity index (χ1) is 7.18. The van der Waals surface area contributed by atoms with Crippen molar-refractivity contribution in [3.05, 3.63) is 35.2 Å². The van der Waals surface area contributed by atoms with Gasteiger partial charge in [-0.15, -0.1) is 11.3 Å². The van der Waals surface area contributed by atoms with Gasteiger partial charge in [-0.05, 0) is 12.1 Å². The van der Waals surface area contributed by atoms with Crippen LogP contribution in [0.1, 0.15) is 10.5 Å². The number of pyridine rings is 1. The van der Waals surface area contributed by atoms with E-state index in [9.17, 15) is 9.18 Å². The minimum absolute atomic E-state index is 0.0787. The van der Waals surface area contributed by atoms with E-state index >= 15 is 0 Å². The Kier molecular flexibility index (Phi) is 2.42. The third-order valence-corrected chi connectivity index (χ3v) is 2.53. The van der Waals surface area contributed by atoms with E-state index in [-0.39, 0.29) is 16.4 Å². The van der Waals surface area contributed by atoms with Crippen molar-refractivity contribution in [3.63, 3.8) is 0 Å². The number of aromatic carboxylic acids is 1. The van der Waals surface area contributed by atoms with Crippen LogP contribution in [0.4, 0.5) is 4.39 Å². The fraction of sp³-hybridized carbons (Fsp3) is 0. The topological polar surface area (TPSA) is 63.1 Å². The second-order valence-corrected chi connectivity index (χ2v) is 3.53. The molecule has 4 nitrogen and oxygen atoms in total. The van der Waals surface area contributed by atoms with Gasteiger partial charge in [-0.3, -0.25) is 4.98 Å². The summed E-state index contributed by atoms with van der Waals surface area (Å²) in [6.45, 7) is 0. The number of carbonyl (C=O) groups is 1. The van der Waals surface area contributed by atoms with Crippen molar-refractivity contribution in [2.45, 2.75) is 0 Å². The highest BCUT2D eigenvalue weighted by atomic mass is 32.1. The lowest BCUT2D eigenvalue weighted by Gasteiger charge is -1.95. The summed E-state index contributed by atoms with van der Waals surface area (Å²) in [5, 5.41) is 10.3. The molecule has 0 amide bonds. The summed E-state index contributed by atoms with van der Waals surface area (Å²) in [5.41, 5.74) is -0.0185. The highest BCUT2D eigenvalue weighted by molar-refractivity contribution is 7.13. The van der Waals surface area contributed by atoms with Crippen molar-refractivity contribution in [2.24, 2.45) is 0 Å². The van der Waals surface area contributed by atoms with Crippen molar-refractivity contribution in [2.75, 3.05) is 0 Å². The average Bonchev–Trinajstić information content (AvgIpc) is 2.67. The highest BCUT2D eigenvalue weighted by Crippen LogP contribution is 2.23. The quantitative estimate of drug-likeness (QED) is 0.847. The Balaban J connectivity index is 2.46. The molecule has 1 N–H and O–H groups in total. The van der Waals surface area contributed by atoms with E-state index in [1.807, 2.05) is 0 Å². The first kappa shape index (κ1) is 9.72. The number of carboxylic acids is 1. The van der Waals surface area contributed by atoms with Gasteiger partial charge in [0.05, 0.1) is 0 Å². The molecule has 15 heavy (non-hydrogen) atoms. The molecule has 0 aliphatic rings. The maximum Gasteiger partial charge on any atom is 0.355 e. The van der Waals surface area contributed by atoms with Crippen LogP contribution in [0.2, 0.25) is 0 Å². The molecule has 2 rings (SSSR count). The zero-order valence-electron chi connectivity index (χ0n) is 7.35. The molecule has 0 bridgehead atoms. The van der Waals surface area contributed by atoms with E-state index in [1.54, 1.807) is 0 Å². The number of thiazole rings is 1. The van der Waals surface area contributed by atoms with Crippen molar-refractivity contribution in [1.29, 1.82) is 0 Å².